The van der Waals surface area contributed by atoms with Crippen molar-refractivity contribution in [2.75, 3.05) is 20.1 Å². The highest BCUT2D eigenvalue weighted by molar-refractivity contribution is 7.93. The zero-order valence-corrected chi connectivity index (χ0v) is 35.0. The Kier molecular flexibility index (Phi) is 12.3. The molecule has 8 rings (SSSR count). The minimum Gasteiger partial charge on any atom is -0.321 e. The zero-order valence-electron chi connectivity index (χ0n) is 30.4. The van der Waals surface area contributed by atoms with Crippen molar-refractivity contribution in [2.24, 2.45) is 0 Å². The molecule has 0 unspecified atom stereocenters. The zero-order chi connectivity index (χ0) is 42.6. The molecule has 6 aromatic carbocycles. The highest BCUT2D eigenvalue weighted by Gasteiger charge is 2.20. The molecule has 0 fully saturated rings. The lowest BCUT2D eigenvalue weighted by molar-refractivity contribution is 0.101. The first-order valence-electron chi connectivity index (χ1n) is 17.3. The summed E-state index contributed by atoms with van der Waals surface area (Å²) in [6, 6.07) is 35.3. The number of hydrogen-bond donors (Lipinski definition) is 6. The van der Waals surface area contributed by atoms with Crippen LogP contribution in [0, 0.1) is 0 Å². The molecule has 0 saturated carbocycles. The Balaban J connectivity index is 0.000000181. The summed E-state index contributed by atoms with van der Waals surface area (Å²) in [6.45, 7) is 0. The number of hydrogen-bond acceptors (Lipinski definition) is 8. The molecule has 2 heterocycles. The van der Waals surface area contributed by atoms with E-state index in [-0.39, 0.29) is 53.0 Å². The number of fused-ring (bicyclic) bond motifs is 2. The highest BCUT2D eigenvalue weighted by atomic mass is 35.5. The maximum Gasteiger partial charge on any atom is 0.276 e. The van der Waals surface area contributed by atoms with Crippen LogP contribution in [0.5, 0.6) is 0 Å². The van der Waals surface area contributed by atoms with E-state index in [0.29, 0.717) is 38.7 Å². The number of anilines is 4. The van der Waals surface area contributed by atoms with Crippen LogP contribution in [0.3, 0.4) is 0 Å². The van der Waals surface area contributed by atoms with E-state index in [9.17, 15) is 26.4 Å². The molecule has 60 heavy (non-hydrogen) atoms. The lowest BCUT2D eigenvalue weighted by Crippen LogP contribution is -2.14. The number of halogens is 4. The van der Waals surface area contributed by atoms with Crippen molar-refractivity contribution in [1.82, 2.24) is 20.4 Å². The van der Waals surface area contributed by atoms with Gasteiger partial charge in [-0.2, -0.15) is 10.2 Å². The second-order valence-electron chi connectivity index (χ2n) is 12.7. The summed E-state index contributed by atoms with van der Waals surface area (Å²) in [5.74, 6) is -0.461. The molecule has 0 aliphatic heterocycles. The van der Waals surface area contributed by atoms with Crippen molar-refractivity contribution in [3.63, 3.8) is 0 Å². The van der Waals surface area contributed by atoms with Crippen LogP contribution in [0.2, 0.25) is 20.1 Å². The first-order valence-corrected chi connectivity index (χ1v) is 21.8. The van der Waals surface area contributed by atoms with Gasteiger partial charge in [-0.15, -0.1) is 0 Å². The van der Waals surface area contributed by atoms with Crippen LogP contribution in [0.4, 0.5) is 22.9 Å². The number of rotatable bonds is 10. The molecule has 0 aliphatic rings. The number of aromatic nitrogens is 4. The van der Waals surface area contributed by atoms with Crippen LogP contribution >= 0.6 is 46.4 Å². The van der Waals surface area contributed by atoms with Crippen molar-refractivity contribution in [1.29, 1.82) is 0 Å². The van der Waals surface area contributed by atoms with Gasteiger partial charge < -0.3 is 10.6 Å². The molecule has 20 heteroatoms. The van der Waals surface area contributed by atoms with Gasteiger partial charge in [-0.3, -0.25) is 29.2 Å². The predicted molar refractivity (Wildman–Crippen MR) is 236 cm³/mol. The molecule has 8 aromatic rings. The van der Waals surface area contributed by atoms with Crippen LogP contribution < -0.4 is 20.1 Å². The second kappa shape index (κ2) is 17.6. The topological polar surface area (TPSA) is 208 Å². The summed E-state index contributed by atoms with van der Waals surface area (Å²) in [4.78, 5) is 25.0. The summed E-state index contributed by atoms with van der Waals surface area (Å²) in [7, 11) is -7.80. The first-order chi connectivity index (χ1) is 28.7. The number of H-pyrrole nitrogens is 2. The normalized spacial score (nSPS) is 11.4. The van der Waals surface area contributed by atoms with Gasteiger partial charge >= 0.3 is 0 Å². The van der Waals surface area contributed by atoms with Crippen LogP contribution in [0.1, 0.15) is 20.8 Å². The fraction of sp³-hybridized carbons (Fsp3) is 0. The monoisotopic (exact) mass is 920 g/mol. The molecule has 0 bridgehead atoms. The number of nitrogens with zero attached hydrogens (tertiary/aromatic N) is 2. The van der Waals surface area contributed by atoms with E-state index in [1.165, 1.54) is 42.5 Å². The molecule has 2 amide bonds. The highest BCUT2D eigenvalue weighted by Crippen LogP contribution is 2.30. The molecule has 0 saturated heterocycles. The molecule has 14 nitrogen and oxygen atoms in total. The number of benzene rings is 6. The summed E-state index contributed by atoms with van der Waals surface area (Å²) in [5.41, 5.74) is 3.03. The number of carbonyl (C=O) groups excluding carboxylic acids is 2. The van der Waals surface area contributed by atoms with E-state index >= 15 is 0 Å². The fourth-order valence-electron chi connectivity index (χ4n) is 5.62. The van der Waals surface area contributed by atoms with E-state index in [4.69, 9.17) is 46.4 Å². The van der Waals surface area contributed by atoms with Crippen molar-refractivity contribution < 1.29 is 26.4 Å². The minimum atomic E-state index is -3.91. The van der Waals surface area contributed by atoms with E-state index in [1.807, 2.05) is 12.1 Å². The van der Waals surface area contributed by atoms with E-state index in [0.717, 1.165) is 0 Å². The van der Waals surface area contributed by atoms with Gasteiger partial charge in [0.1, 0.15) is 0 Å². The first kappa shape index (κ1) is 42.0. The standard InChI is InChI=1S/2C20H14Cl2N4O3S/c21-16-8-7-14(11-17(16)22)30(28,29)26-13-6-9-18-15(10-13)19(25-24-18)20(27)23-12-4-2-1-3-5-12;21-16-8-7-14(11-17(16)22)30(28,29)26-13-6-9-18-15(10-13)19(25-24-18)23-20(27)12-4-2-1-3-5-12/h1-11,26H,(H,23,27)(H,24,25);1-11,26H,(H2,23,24,25,27). The number of sulfonamides is 2. The Bertz CT molecular complexity index is 3130. The number of carbonyl (C=O) groups is 2. The lowest BCUT2D eigenvalue weighted by Gasteiger charge is -2.09. The van der Waals surface area contributed by atoms with Crippen LogP contribution in [-0.4, -0.2) is 49.0 Å². The van der Waals surface area contributed by atoms with Crippen molar-refractivity contribution >= 4 is 123 Å². The maximum atomic E-state index is 12.7. The van der Waals surface area contributed by atoms with Gasteiger partial charge in [-0.25, -0.2) is 16.8 Å². The molecule has 0 spiro atoms. The average Bonchev–Trinajstić information content (AvgIpc) is 3.84. The number of para-hydroxylation sites is 1. The summed E-state index contributed by atoms with van der Waals surface area (Å²) >= 11 is 23.6. The number of aromatic amines is 2. The molecular weight excluding hydrogens is 894 g/mol. The molecule has 6 N–H and O–H groups in total. The number of nitrogens with one attached hydrogen (secondary N) is 6. The van der Waals surface area contributed by atoms with Crippen LogP contribution in [0.15, 0.2) is 143 Å². The van der Waals surface area contributed by atoms with Crippen molar-refractivity contribution in [2.45, 2.75) is 9.79 Å². The van der Waals surface area contributed by atoms with Gasteiger partial charge in [0.15, 0.2) is 11.5 Å². The van der Waals surface area contributed by atoms with Gasteiger partial charge in [-0.1, -0.05) is 82.8 Å². The third-order valence-corrected chi connectivity index (χ3v) is 12.8. The third kappa shape index (κ3) is 9.66. The smallest absolute Gasteiger partial charge is 0.276 e. The maximum absolute atomic E-state index is 12.7. The average molecular weight is 923 g/mol. The Morgan fingerprint density at radius 1 is 0.483 bits per heavy atom. The molecule has 0 aliphatic carbocycles. The van der Waals surface area contributed by atoms with Gasteiger partial charge in [0.05, 0.1) is 40.9 Å². The minimum absolute atomic E-state index is 0.0261. The largest absolute Gasteiger partial charge is 0.321 e. The van der Waals surface area contributed by atoms with Gasteiger partial charge in [0.25, 0.3) is 31.9 Å². The third-order valence-electron chi connectivity index (χ3n) is 8.55. The Morgan fingerprint density at radius 3 is 1.53 bits per heavy atom. The molecule has 0 radical (unpaired) electrons. The summed E-state index contributed by atoms with van der Waals surface area (Å²) in [5, 5.41) is 21.0. The fourth-order valence-corrected chi connectivity index (χ4v) is 8.50. The Morgan fingerprint density at radius 2 is 0.983 bits per heavy atom. The molecule has 2 aromatic heterocycles. The lowest BCUT2D eigenvalue weighted by atomic mass is 10.2. The molecule has 304 valence electrons. The summed E-state index contributed by atoms with van der Waals surface area (Å²) < 4.78 is 55.7. The van der Waals surface area contributed by atoms with E-state index in [2.05, 4.69) is 40.5 Å². The Labute approximate surface area is 362 Å². The number of amides is 2. The van der Waals surface area contributed by atoms with Gasteiger partial charge in [-0.05, 0) is 97.1 Å². The van der Waals surface area contributed by atoms with Crippen molar-refractivity contribution in [3.8, 4) is 0 Å². The quantitative estimate of drug-likeness (QED) is 0.0776. The van der Waals surface area contributed by atoms with E-state index < -0.39 is 26.0 Å². The van der Waals surface area contributed by atoms with Crippen LogP contribution in [-0.2, 0) is 20.0 Å². The molecule has 0 atom stereocenters. The van der Waals surface area contributed by atoms with E-state index in [1.54, 1.807) is 78.9 Å². The summed E-state index contributed by atoms with van der Waals surface area (Å²) in [6.07, 6.45) is 0. The van der Waals surface area contributed by atoms with Crippen molar-refractivity contribution in [3.05, 3.63) is 165 Å². The van der Waals surface area contributed by atoms with Gasteiger partial charge in [0.2, 0.25) is 0 Å². The van der Waals surface area contributed by atoms with Crippen LogP contribution in [0.25, 0.3) is 21.8 Å². The second-order valence-corrected chi connectivity index (χ2v) is 17.7. The predicted octanol–water partition coefficient (Wildman–Crippen LogP) is 9.85. The Hall–Kier alpha value is -6.14. The van der Waals surface area contributed by atoms with Gasteiger partial charge in [0, 0.05) is 33.4 Å². The molecular formula is C40H28Cl4N8O6S2. The SMILES string of the molecule is O=C(Nc1ccccc1)c1n[nH]c2ccc(NS(=O)(=O)c3ccc(Cl)c(Cl)c3)cc12.O=C(Nc1n[nH]c2ccc(NS(=O)(=O)c3ccc(Cl)c(Cl)c3)cc12)c1ccccc1.